The number of nitriles is 1. The highest BCUT2D eigenvalue weighted by molar-refractivity contribution is 7.18. The summed E-state index contributed by atoms with van der Waals surface area (Å²) in [6, 6.07) is 10.4. The molecule has 0 bridgehead atoms. The predicted octanol–water partition coefficient (Wildman–Crippen LogP) is 3.77. The lowest BCUT2D eigenvalue weighted by atomic mass is 10.1. The Morgan fingerprint density at radius 3 is 2.59 bits per heavy atom. The van der Waals surface area contributed by atoms with Gasteiger partial charge >= 0.3 is 5.63 Å². The predicted molar refractivity (Wildman–Crippen MR) is 111 cm³/mol. The second-order valence-corrected chi connectivity index (χ2v) is 7.31. The molecule has 2 amide bonds. The maximum Gasteiger partial charge on any atom is 0.349 e. The van der Waals surface area contributed by atoms with Crippen molar-refractivity contribution in [2.24, 2.45) is 0 Å². The van der Waals surface area contributed by atoms with Gasteiger partial charge in [-0.3, -0.25) is 9.59 Å². The molecule has 2 aromatic heterocycles. The van der Waals surface area contributed by atoms with Crippen LogP contribution in [0, 0.1) is 18.3 Å². The first-order valence-electron chi connectivity index (χ1n) is 9.08. The van der Waals surface area contributed by atoms with Gasteiger partial charge in [-0.25, -0.2) is 4.79 Å². The maximum absolute atomic E-state index is 12.7. The molecule has 0 atom stereocenters. The molecule has 8 heteroatoms. The number of carbonyl (C=O) groups is 2. The Balaban J connectivity index is 1.98. The van der Waals surface area contributed by atoms with Crippen LogP contribution in [0.5, 0.6) is 0 Å². The number of thiophene rings is 1. The van der Waals surface area contributed by atoms with Crippen LogP contribution in [0.1, 0.15) is 45.0 Å². The van der Waals surface area contributed by atoms with Gasteiger partial charge in [-0.05, 0) is 38.5 Å². The second-order valence-electron chi connectivity index (χ2n) is 6.29. The highest BCUT2D eigenvalue weighted by Gasteiger charge is 2.25. The molecule has 0 aliphatic heterocycles. The van der Waals surface area contributed by atoms with Crippen molar-refractivity contribution < 1.29 is 14.0 Å². The molecular formula is C21H19N3O4S. The van der Waals surface area contributed by atoms with Crippen LogP contribution in [0.4, 0.5) is 5.00 Å². The van der Waals surface area contributed by atoms with E-state index in [2.05, 4.69) is 5.32 Å². The minimum atomic E-state index is -0.771. The van der Waals surface area contributed by atoms with Crippen LogP contribution in [0.2, 0.25) is 0 Å². The normalized spacial score (nSPS) is 10.6. The fourth-order valence-corrected chi connectivity index (χ4v) is 4.11. The van der Waals surface area contributed by atoms with Gasteiger partial charge in [0.05, 0.1) is 10.4 Å². The van der Waals surface area contributed by atoms with Crippen LogP contribution in [0.25, 0.3) is 11.0 Å². The molecular weight excluding hydrogens is 390 g/mol. The lowest BCUT2D eigenvalue weighted by molar-refractivity contribution is 0.0777. The van der Waals surface area contributed by atoms with E-state index in [0.29, 0.717) is 34.5 Å². The topological polar surface area (TPSA) is 103 Å². The molecule has 0 radical (unpaired) electrons. The number of carbonyl (C=O) groups excluding carboxylic acids is 2. The molecule has 7 nitrogen and oxygen atoms in total. The monoisotopic (exact) mass is 409 g/mol. The van der Waals surface area contributed by atoms with Crippen molar-refractivity contribution in [1.82, 2.24) is 4.90 Å². The Morgan fingerprint density at radius 1 is 1.24 bits per heavy atom. The van der Waals surface area contributed by atoms with Gasteiger partial charge in [-0.2, -0.15) is 5.26 Å². The lowest BCUT2D eigenvalue weighted by Crippen LogP contribution is -2.30. The summed E-state index contributed by atoms with van der Waals surface area (Å²) in [6.07, 6.45) is 0. The zero-order valence-corrected chi connectivity index (χ0v) is 17.1. The fourth-order valence-electron chi connectivity index (χ4n) is 2.99. The van der Waals surface area contributed by atoms with Gasteiger partial charge in [0, 0.05) is 18.5 Å². The van der Waals surface area contributed by atoms with Gasteiger partial charge in [0.1, 0.15) is 22.2 Å². The van der Waals surface area contributed by atoms with Crippen LogP contribution in [-0.2, 0) is 0 Å². The summed E-state index contributed by atoms with van der Waals surface area (Å²) in [5, 5.41) is 13.0. The van der Waals surface area contributed by atoms with E-state index in [9.17, 15) is 19.6 Å². The SMILES string of the molecule is CCN(CC)C(=O)c1sc(NC(=O)c2cc3ccccc3oc2=O)c(C#N)c1C. The van der Waals surface area contributed by atoms with Crippen molar-refractivity contribution in [2.45, 2.75) is 20.8 Å². The zero-order valence-electron chi connectivity index (χ0n) is 16.2. The molecule has 0 saturated carbocycles. The molecule has 0 fully saturated rings. The minimum absolute atomic E-state index is 0.171. The van der Waals surface area contributed by atoms with Crippen LogP contribution >= 0.6 is 11.3 Å². The summed E-state index contributed by atoms with van der Waals surface area (Å²) >= 11 is 1.03. The number of para-hydroxylation sites is 1. The Hall–Kier alpha value is -3.44. The van der Waals surface area contributed by atoms with Crippen molar-refractivity contribution in [3.05, 3.63) is 62.3 Å². The van der Waals surface area contributed by atoms with E-state index in [4.69, 9.17) is 4.42 Å². The molecule has 0 spiro atoms. The van der Waals surface area contributed by atoms with Gasteiger partial charge in [-0.15, -0.1) is 11.3 Å². The summed E-state index contributed by atoms with van der Waals surface area (Å²) in [6.45, 7) is 6.49. The third kappa shape index (κ3) is 3.77. The van der Waals surface area contributed by atoms with Gasteiger partial charge in [0.2, 0.25) is 0 Å². The van der Waals surface area contributed by atoms with E-state index in [-0.39, 0.29) is 22.0 Å². The van der Waals surface area contributed by atoms with E-state index in [1.165, 1.54) is 6.07 Å². The number of fused-ring (bicyclic) bond motifs is 1. The first-order valence-corrected chi connectivity index (χ1v) is 9.89. The Bertz CT molecular complexity index is 1200. The number of hydrogen-bond donors (Lipinski definition) is 1. The van der Waals surface area contributed by atoms with Crippen molar-refractivity contribution in [2.75, 3.05) is 18.4 Å². The summed E-state index contributed by atoms with van der Waals surface area (Å²) in [5.74, 6) is -0.885. The van der Waals surface area contributed by atoms with E-state index >= 15 is 0 Å². The van der Waals surface area contributed by atoms with Crippen LogP contribution in [0.3, 0.4) is 0 Å². The number of nitrogens with zero attached hydrogens (tertiary/aromatic N) is 2. The molecule has 0 aliphatic rings. The molecule has 1 N–H and O–H groups in total. The third-order valence-electron chi connectivity index (χ3n) is 4.62. The number of anilines is 1. The average molecular weight is 409 g/mol. The van der Waals surface area contributed by atoms with E-state index < -0.39 is 11.5 Å². The number of nitrogens with one attached hydrogen (secondary N) is 1. The van der Waals surface area contributed by atoms with Gasteiger partial charge in [0.25, 0.3) is 11.8 Å². The molecule has 29 heavy (non-hydrogen) atoms. The maximum atomic E-state index is 12.7. The molecule has 3 aromatic rings. The molecule has 0 aliphatic carbocycles. The average Bonchev–Trinajstić information content (AvgIpc) is 3.03. The Kier molecular flexibility index (Phi) is 5.80. The third-order valence-corrected chi connectivity index (χ3v) is 5.81. The molecule has 0 unspecified atom stereocenters. The molecule has 148 valence electrons. The standard InChI is InChI=1S/C21H19N3O4S/c1-4-24(5-2)20(26)17-12(3)15(11-22)19(29-17)23-18(25)14-10-13-8-6-7-9-16(13)28-21(14)27/h6-10H,4-5H2,1-3H3,(H,23,25). The zero-order chi connectivity index (χ0) is 21.1. The highest BCUT2D eigenvalue weighted by atomic mass is 32.1. The van der Waals surface area contributed by atoms with E-state index in [1.54, 1.807) is 36.1 Å². The lowest BCUT2D eigenvalue weighted by Gasteiger charge is -2.17. The van der Waals surface area contributed by atoms with Crippen molar-refractivity contribution in [3.8, 4) is 6.07 Å². The summed E-state index contributed by atoms with van der Waals surface area (Å²) in [5.41, 5.74) is 0.160. The number of benzene rings is 1. The van der Waals surface area contributed by atoms with Crippen LogP contribution in [-0.4, -0.2) is 29.8 Å². The molecule has 1 aromatic carbocycles. The first-order chi connectivity index (χ1) is 13.9. The highest BCUT2D eigenvalue weighted by Crippen LogP contribution is 2.33. The first kappa shape index (κ1) is 20.3. The molecule has 2 heterocycles. The minimum Gasteiger partial charge on any atom is -0.422 e. The van der Waals surface area contributed by atoms with Crippen LogP contribution in [0.15, 0.2) is 39.5 Å². The largest absolute Gasteiger partial charge is 0.422 e. The summed E-state index contributed by atoms with van der Waals surface area (Å²) < 4.78 is 5.20. The smallest absolute Gasteiger partial charge is 0.349 e. The number of amides is 2. The van der Waals surface area contributed by atoms with Crippen molar-refractivity contribution >= 4 is 39.1 Å². The van der Waals surface area contributed by atoms with Gasteiger partial charge in [0.15, 0.2) is 0 Å². The summed E-state index contributed by atoms with van der Waals surface area (Å²) in [4.78, 5) is 39.7. The summed E-state index contributed by atoms with van der Waals surface area (Å²) in [7, 11) is 0. The number of hydrogen-bond acceptors (Lipinski definition) is 6. The van der Waals surface area contributed by atoms with Crippen LogP contribution < -0.4 is 10.9 Å². The van der Waals surface area contributed by atoms with E-state index in [1.807, 2.05) is 19.9 Å². The Labute approximate surface area is 171 Å². The van der Waals surface area contributed by atoms with Gasteiger partial charge in [-0.1, -0.05) is 18.2 Å². The second kappa shape index (κ2) is 8.29. The van der Waals surface area contributed by atoms with Gasteiger partial charge < -0.3 is 14.6 Å². The fraction of sp³-hybridized carbons (Fsp3) is 0.238. The quantitative estimate of drug-likeness (QED) is 0.646. The van der Waals surface area contributed by atoms with Crippen molar-refractivity contribution in [1.29, 1.82) is 5.26 Å². The Morgan fingerprint density at radius 2 is 1.93 bits per heavy atom. The number of rotatable bonds is 5. The van der Waals surface area contributed by atoms with E-state index in [0.717, 1.165) is 11.3 Å². The van der Waals surface area contributed by atoms with Crippen molar-refractivity contribution in [3.63, 3.8) is 0 Å². The molecule has 0 saturated heterocycles. The molecule has 3 rings (SSSR count).